The molecule has 0 fully saturated rings. The van der Waals surface area contributed by atoms with E-state index in [1.165, 1.54) is 38.5 Å². The van der Waals surface area contributed by atoms with E-state index in [4.69, 9.17) is 0 Å². The third kappa shape index (κ3) is 23.5. The van der Waals surface area contributed by atoms with Crippen molar-refractivity contribution in [2.45, 2.75) is 103 Å². The van der Waals surface area contributed by atoms with Crippen LogP contribution < -0.4 is 51.4 Å². The van der Waals surface area contributed by atoms with Gasteiger partial charge >= 0.3 is 51.4 Å². The molecule has 0 radical (unpaired) electrons. The Morgan fingerprint density at radius 3 is 1.57 bits per heavy atom. The monoisotopic (exact) mass is 374 g/mol. The normalized spacial score (nSPS) is 12.8. The molecule has 6 heteroatoms. The Morgan fingerprint density at radius 2 is 1.17 bits per heavy atom. The summed E-state index contributed by atoms with van der Waals surface area (Å²) in [4.78, 5) is 0. The molecule has 23 heavy (non-hydrogen) atoms. The molecule has 4 nitrogen and oxygen atoms in total. The molecule has 1 N–H and O–H groups in total. The summed E-state index contributed by atoms with van der Waals surface area (Å²) in [6.07, 6.45) is 15.0. The molecule has 0 heterocycles. The standard InChI is InChI=1S/C17H36O4S.K/c1-2-14-17(18)15-12-10-8-6-4-3-5-7-9-11-13-16-22(19,20)21;/h17-18H,2-16H2,1H3,(H,19,20,21);/q;+1/p-1. The molecule has 0 aromatic rings. The Hall–Kier alpha value is 1.51. The molecule has 0 bridgehead atoms. The van der Waals surface area contributed by atoms with Crippen molar-refractivity contribution in [2.24, 2.45) is 0 Å². The first-order chi connectivity index (χ1) is 10.5. The van der Waals surface area contributed by atoms with Crippen LogP contribution in [0.4, 0.5) is 0 Å². The Morgan fingerprint density at radius 1 is 0.783 bits per heavy atom. The van der Waals surface area contributed by atoms with Gasteiger partial charge in [-0.25, -0.2) is 8.42 Å². The minimum atomic E-state index is -4.01. The van der Waals surface area contributed by atoms with Crippen LogP contribution in [-0.4, -0.2) is 29.9 Å². The zero-order chi connectivity index (χ0) is 16.7. The van der Waals surface area contributed by atoms with Crippen molar-refractivity contribution in [3.05, 3.63) is 0 Å². The van der Waals surface area contributed by atoms with E-state index in [1.54, 1.807) is 0 Å². The van der Waals surface area contributed by atoms with E-state index in [9.17, 15) is 18.1 Å². The number of rotatable bonds is 16. The summed E-state index contributed by atoms with van der Waals surface area (Å²) in [5.41, 5.74) is 0. The van der Waals surface area contributed by atoms with Gasteiger partial charge in [-0.3, -0.25) is 0 Å². The third-order valence-electron chi connectivity index (χ3n) is 4.05. The molecule has 1 atom stereocenters. The third-order valence-corrected chi connectivity index (χ3v) is 4.84. The van der Waals surface area contributed by atoms with Crippen molar-refractivity contribution < 1.29 is 69.5 Å². The number of aliphatic hydroxyl groups is 1. The smallest absolute Gasteiger partial charge is 0.748 e. The topological polar surface area (TPSA) is 77.4 Å². The number of unbranched alkanes of at least 4 members (excludes halogenated alkanes) is 10. The van der Waals surface area contributed by atoms with E-state index in [2.05, 4.69) is 6.92 Å². The van der Waals surface area contributed by atoms with Crippen LogP contribution in [0.1, 0.15) is 96.8 Å². The van der Waals surface area contributed by atoms with Crippen molar-refractivity contribution in [3.63, 3.8) is 0 Å². The van der Waals surface area contributed by atoms with Gasteiger partial charge in [-0.05, 0) is 19.3 Å². The summed E-state index contributed by atoms with van der Waals surface area (Å²) in [7, 11) is -4.01. The number of hydrogen-bond acceptors (Lipinski definition) is 4. The second-order valence-electron chi connectivity index (χ2n) is 6.38. The van der Waals surface area contributed by atoms with Crippen molar-refractivity contribution in [3.8, 4) is 0 Å². The average molecular weight is 375 g/mol. The molecule has 0 aromatic carbocycles. The van der Waals surface area contributed by atoms with E-state index in [1.807, 2.05) is 0 Å². The first-order valence-electron chi connectivity index (χ1n) is 9.07. The Kier molecular flexibility index (Phi) is 21.3. The average Bonchev–Trinajstić information content (AvgIpc) is 2.43. The van der Waals surface area contributed by atoms with Crippen molar-refractivity contribution in [2.75, 3.05) is 5.75 Å². The summed E-state index contributed by atoms with van der Waals surface area (Å²) in [5.74, 6) is -0.208. The number of hydrogen-bond donors (Lipinski definition) is 1. The predicted octanol–water partition coefficient (Wildman–Crippen LogP) is 1.38. The first-order valence-corrected chi connectivity index (χ1v) is 10.6. The minimum absolute atomic E-state index is 0. The maximum atomic E-state index is 10.4. The van der Waals surface area contributed by atoms with Gasteiger partial charge < -0.3 is 9.66 Å². The molecule has 0 aliphatic heterocycles. The van der Waals surface area contributed by atoms with Crippen LogP contribution in [0.5, 0.6) is 0 Å². The van der Waals surface area contributed by atoms with Crippen LogP contribution in [-0.2, 0) is 10.1 Å². The van der Waals surface area contributed by atoms with Gasteiger partial charge in [-0.2, -0.15) is 0 Å². The van der Waals surface area contributed by atoms with Gasteiger partial charge in [-0.1, -0.05) is 77.6 Å². The molecule has 0 amide bonds. The van der Waals surface area contributed by atoms with Crippen molar-refractivity contribution >= 4 is 10.1 Å². The van der Waals surface area contributed by atoms with Gasteiger partial charge in [0, 0.05) is 5.75 Å². The fraction of sp³-hybridized carbons (Fsp3) is 1.00. The fourth-order valence-corrected chi connectivity index (χ4v) is 3.29. The molecule has 0 saturated carbocycles. The quantitative estimate of drug-likeness (QED) is 0.251. The zero-order valence-corrected chi connectivity index (χ0v) is 19.2. The Labute approximate surface area is 186 Å². The van der Waals surface area contributed by atoms with Crippen LogP contribution in [0.25, 0.3) is 0 Å². The molecule has 0 aliphatic rings. The number of aliphatic hydroxyl groups excluding tert-OH is 1. The maximum absolute atomic E-state index is 10.4. The van der Waals surface area contributed by atoms with Crippen molar-refractivity contribution in [1.82, 2.24) is 0 Å². The van der Waals surface area contributed by atoms with Crippen LogP contribution in [0.15, 0.2) is 0 Å². The van der Waals surface area contributed by atoms with Gasteiger partial charge in [0.25, 0.3) is 0 Å². The van der Waals surface area contributed by atoms with E-state index >= 15 is 0 Å². The second kappa shape index (κ2) is 18.3. The van der Waals surface area contributed by atoms with Gasteiger partial charge in [0.05, 0.1) is 16.2 Å². The van der Waals surface area contributed by atoms with Crippen LogP contribution in [0.3, 0.4) is 0 Å². The summed E-state index contributed by atoms with van der Waals surface area (Å²) >= 11 is 0. The van der Waals surface area contributed by atoms with E-state index < -0.39 is 10.1 Å². The predicted molar refractivity (Wildman–Crippen MR) is 90.9 cm³/mol. The first kappa shape index (κ1) is 26.7. The zero-order valence-electron chi connectivity index (χ0n) is 15.3. The van der Waals surface area contributed by atoms with E-state index in [0.717, 1.165) is 44.9 Å². The Balaban J connectivity index is 0. The van der Waals surface area contributed by atoms with Gasteiger partial charge in [-0.15, -0.1) is 0 Å². The fourth-order valence-electron chi connectivity index (χ4n) is 2.73. The molecule has 134 valence electrons. The summed E-state index contributed by atoms with van der Waals surface area (Å²) in [6, 6.07) is 0. The maximum Gasteiger partial charge on any atom is 1.00 e. The minimum Gasteiger partial charge on any atom is -0.748 e. The van der Waals surface area contributed by atoms with Crippen LogP contribution in [0, 0.1) is 0 Å². The van der Waals surface area contributed by atoms with Crippen molar-refractivity contribution in [1.29, 1.82) is 0 Å². The molecular weight excluding hydrogens is 339 g/mol. The SMILES string of the molecule is CCCC(O)CCCCCCCCCCCCCS(=O)(=O)[O-].[K+]. The molecule has 0 aromatic heterocycles. The molecule has 0 spiro atoms. The van der Waals surface area contributed by atoms with Gasteiger partial charge in [0.2, 0.25) is 0 Å². The van der Waals surface area contributed by atoms with Crippen LogP contribution in [0.2, 0.25) is 0 Å². The second-order valence-corrected chi connectivity index (χ2v) is 7.91. The molecule has 0 aliphatic carbocycles. The molecule has 1 unspecified atom stereocenters. The van der Waals surface area contributed by atoms with E-state index in [-0.39, 0.29) is 63.2 Å². The Bertz CT molecular complexity index is 333. The molecule has 0 saturated heterocycles. The van der Waals surface area contributed by atoms with Gasteiger partial charge in [0.15, 0.2) is 0 Å². The van der Waals surface area contributed by atoms with E-state index in [0.29, 0.717) is 6.42 Å². The van der Waals surface area contributed by atoms with Crippen LogP contribution >= 0.6 is 0 Å². The molecular formula is C17H35KO4S. The largest absolute Gasteiger partial charge is 1.00 e. The summed E-state index contributed by atoms with van der Waals surface area (Å²) in [6.45, 7) is 2.11. The van der Waals surface area contributed by atoms with Gasteiger partial charge in [0.1, 0.15) is 0 Å². The summed E-state index contributed by atoms with van der Waals surface area (Å²) < 4.78 is 31.2. The molecule has 0 rings (SSSR count). The summed E-state index contributed by atoms with van der Waals surface area (Å²) in [5, 5.41) is 9.60.